The minimum absolute atomic E-state index is 0.0765. The molecule has 0 spiro atoms. The summed E-state index contributed by atoms with van der Waals surface area (Å²) in [7, 11) is 0. The molecule has 1 aromatic rings. The molecule has 0 aliphatic heterocycles. The van der Waals surface area contributed by atoms with Crippen molar-refractivity contribution in [3.63, 3.8) is 0 Å². The van der Waals surface area contributed by atoms with Crippen LogP contribution in [0.3, 0.4) is 0 Å². The van der Waals surface area contributed by atoms with Gasteiger partial charge in [-0.1, -0.05) is 0 Å². The molecule has 1 heterocycles. The molecule has 0 fully saturated rings. The molecule has 15 heavy (non-hydrogen) atoms. The fraction of sp³-hybridized carbons (Fsp3) is 0.600. The zero-order valence-corrected chi connectivity index (χ0v) is 9.33. The summed E-state index contributed by atoms with van der Waals surface area (Å²) in [6, 6.07) is 0. The molecule has 3 N–H and O–H groups in total. The van der Waals surface area contributed by atoms with E-state index in [0.717, 1.165) is 11.5 Å². The summed E-state index contributed by atoms with van der Waals surface area (Å²) in [5.74, 6) is 0.647. The molecule has 0 atom stereocenters. The van der Waals surface area contributed by atoms with Crippen molar-refractivity contribution >= 4 is 5.91 Å². The van der Waals surface area contributed by atoms with Gasteiger partial charge in [0.1, 0.15) is 11.5 Å². The molecule has 1 rings (SSSR count). The van der Waals surface area contributed by atoms with Gasteiger partial charge >= 0.3 is 0 Å². The van der Waals surface area contributed by atoms with Crippen LogP contribution in [0.15, 0.2) is 10.8 Å². The summed E-state index contributed by atoms with van der Waals surface area (Å²) in [4.78, 5) is 15.6. The van der Waals surface area contributed by atoms with Crippen molar-refractivity contribution in [3.8, 4) is 0 Å². The Morgan fingerprint density at radius 3 is 2.80 bits per heavy atom. The van der Waals surface area contributed by atoms with Gasteiger partial charge in [0, 0.05) is 6.54 Å². The Morgan fingerprint density at radius 2 is 2.33 bits per heavy atom. The van der Waals surface area contributed by atoms with E-state index in [1.807, 2.05) is 6.92 Å². The van der Waals surface area contributed by atoms with Gasteiger partial charge in [0.2, 0.25) is 5.91 Å². The molecule has 1 aromatic heterocycles. The van der Waals surface area contributed by atoms with Crippen LogP contribution in [0.25, 0.3) is 0 Å². The lowest BCUT2D eigenvalue weighted by molar-refractivity contribution is -0.129. The van der Waals surface area contributed by atoms with Gasteiger partial charge < -0.3 is 15.5 Å². The van der Waals surface area contributed by atoms with Crippen molar-refractivity contribution in [2.45, 2.75) is 27.3 Å². The van der Waals surface area contributed by atoms with Gasteiger partial charge in [-0.2, -0.15) is 0 Å². The molecule has 0 radical (unpaired) electrons. The molecule has 0 unspecified atom stereocenters. The number of oxazole rings is 1. The summed E-state index contributed by atoms with van der Waals surface area (Å²) in [6.07, 6.45) is 1.37. The van der Waals surface area contributed by atoms with Crippen molar-refractivity contribution in [1.29, 1.82) is 0 Å². The van der Waals surface area contributed by atoms with E-state index in [0.29, 0.717) is 13.1 Å². The number of nitrogens with two attached hydrogens (primary N) is 1. The largest absolute Gasteiger partial charge is 0.448 e. The Labute approximate surface area is 89.1 Å². The number of rotatable bonds is 4. The van der Waals surface area contributed by atoms with Crippen molar-refractivity contribution < 1.29 is 9.21 Å². The third kappa shape index (κ3) is 2.79. The Balaban J connectivity index is 2.52. The van der Waals surface area contributed by atoms with Crippen molar-refractivity contribution in [2.75, 3.05) is 6.54 Å². The molecule has 5 heteroatoms. The number of nitrogens with one attached hydrogen (secondary N) is 1. The van der Waals surface area contributed by atoms with E-state index in [2.05, 4.69) is 10.3 Å². The van der Waals surface area contributed by atoms with Gasteiger partial charge in [0.25, 0.3) is 0 Å². The second-order valence-corrected chi connectivity index (χ2v) is 4.13. The highest BCUT2D eigenvalue weighted by Crippen LogP contribution is 2.13. The van der Waals surface area contributed by atoms with E-state index >= 15 is 0 Å². The zero-order valence-electron chi connectivity index (χ0n) is 9.33. The van der Waals surface area contributed by atoms with E-state index in [4.69, 9.17) is 10.2 Å². The molecule has 1 amide bonds. The Morgan fingerprint density at radius 1 is 1.67 bits per heavy atom. The van der Waals surface area contributed by atoms with Gasteiger partial charge in [0.15, 0.2) is 6.39 Å². The first kappa shape index (κ1) is 11.7. The molecule has 0 saturated carbocycles. The normalized spacial score (nSPS) is 11.5. The number of carbonyl (C=O) groups excluding carboxylic acids is 1. The molecule has 0 aliphatic rings. The predicted octanol–water partition coefficient (Wildman–Crippen LogP) is 0.584. The van der Waals surface area contributed by atoms with E-state index in [9.17, 15) is 4.79 Å². The number of aromatic nitrogens is 1. The summed E-state index contributed by atoms with van der Waals surface area (Å²) in [5, 5.41) is 2.78. The maximum Gasteiger partial charge on any atom is 0.227 e. The van der Waals surface area contributed by atoms with Gasteiger partial charge in [-0.15, -0.1) is 0 Å². The smallest absolute Gasteiger partial charge is 0.227 e. The van der Waals surface area contributed by atoms with E-state index in [1.54, 1.807) is 13.8 Å². The van der Waals surface area contributed by atoms with Gasteiger partial charge in [0.05, 0.1) is 12.0 Å². The number of aryl methyl sites for hydroxylation is 1. The van der Waals surface area contributed by atoms with Crippen LogP contribution in [0.4, 0.5) is 0 Å². The maximum atomic E-state index is 11.7. The molecule has 5 nitrogen and oxygen atoms in total. The van der Waals surface area contributed by atoms with Crippen LogP contribution in [0.1, 0.15) is 25.3 Å². The van der Waals surface area contributed by atoms with Crippen LogP contribution in [-0.4, -0.2) is 17.4 Å². The lowest BCUT2D eigenvalue weighted by Gasteiger charge is -2.20. The number of carbonyl (C=O) groups is 1. The average molecular weight is 211 g/mol. The van der Waals surface area contributed by atoms with Gasteiger partial charge in [-0.3, -0.25) is 4.79 Å². The van der Waals surface area contributed by atoms with Crippen molar-refractivity contribution in [3.05, 3.63) is 17.8 Å². The first-order valence-electron chi connectivity index (χ1n) is 4.84. The molecule has 0 aliphatic carbocycles. The standard InChI is InChI=1S/C10H17N3O2/c1-7-8(13-6-15-7)4-12-9(14)10(2,3)5-11/h6H,4-5,11H2,1-3H3,(H,12,14). The minimum atomic E-state index is -0.544. The van der Waals surface area contributed by atoms with Crippen molar-refractivity contribution in [2.24, 2.45) is 11.1 Å². The topological polar surface area (TPSA) is 81.2 Å². The predicted molar refractivity (Wildman–Crippen MR) is 55.9 cm³/mol. The summed E-state index contributed by atoms with van der Waals surface area (Å²) >= 11 is 0. The van der Waals surface area contributed by atoms with E-state index in [-0.39, 0.29) is 5.91 Å². The lowest BCUT2D eigenvalue weighted by Crippen LogP contribution is -2.41. The second kappa shape index (κ2) is 4.44. The zero-order chi connectivity index (χ0) is 11.5. The summed E-state index contributed by atoms with van der Waals surface area (Å²) in [6.45, 7) is 6.11. The molecule has 84 valence electrons. The van der Waals surface area contributed by atoms with E-state index in [1.165, 1.54) is 6.39 Å². The SMILES string of the molecule is Cc1ocnc1CNC(=O)C(C)(C)CN. The molecular formula is C10H17N3O2. The number of nitrogens with zero attached hydrogens (tertiary/aromatic N) is 1. The first-order chi connectivity index (χ1) is 6.97. The molecule has 0 bridgehead atoms. The van der Waals surface area contributed by atoms with Crippen LogP contribution in [0.5, 0.6) is 0 Å². The van der Waals surface area contributed by atoms with Crippen LogP contribution in [-0.2, 0) is 11.3 Å². The second-order valence-electron chi connectivity index (χ2n) is 4.13. The quantitative estimate of drug-likeness (QED) is 0.763. The maximum absolute atomic E-state index is 11.7. The fourth-order valence-corrected chi connectivity index (χ4v) is 0.994. The highest BCUT2D eigenvalue weighted by molar-refractivity contribution is 5.81. The lowest BCUT2D eigenvalue weighted by atomic mass is 9.93. The van der Waals surface area contributed by atoms with Crippen molar-refractivity contribution in [1.82, 2.24) is 10.3 Å². The highest BCUT2D eigenvalue weighted by Gasteiger charge is 2.25. The highest BCUT2D eigenvalue weighted by atomic mass is 16.3. The van der Waals surface area contributed by atoms with Gasteiger partial charge in [-0.05, 0) is 20.8 Å². The van der Waals surface area contributed by atoms with E-state index < -0.39 is 5.41 Å². The minimum Gasteiger partial charge on any atom is -0.448 e. The van der Waals surface area contributed by atoms with Crippen LogP contribution < -0.4 is 11.1 Å². The third-order valence-electron chi connectivity index (χ3n) is 2.39. The first-order valence-corrected chi connectivity index (χ1v) is 4.84. The third-order valence-corrected chi connectivity index (χ3v) is 2.39. The number of amides is 1. The summed E-state index contributed by atoms with van der Waals surface area (Å²) in [5.41, 5.74) is 5.69. The van der Waals surface area contributed by atoms with Crippen LogP contribution in [0.2, 0.25) is 0 Å². The molecule has 0 saturated heterocycles. The van der Waals surface area contributed by atoms with Crippen LogP contribution >= 0.6 is 0 Å². The Hall–Kier alpha value is -1.36. The Kier molecular flexibility index (Phi) is 3.47. The van der Waals surface area contributed by atoms with Gasteiger partial charge in [-0.25, -0.2) is 4.98 Å². The number of hydrogen-bond donors (Lipinski definition) is 2. The average Bonchev–Trinajstić information content (AvgIpc) is 2.60. The van der Waals surface area contributed by atoms with Crippen LogP contribution in [0, 0.1) is 12.3 Å². The fourth-order valence-electron chi connectivity index (χ4n) is 0.994. The molecule has 0 aromatic carbocycles. The Bertz CT molecular complexity index is 344. The molecular weight excluding hydrogens is 194 g/mol. The monoisotopic (exact) mass is 211 g/mol. The summed E-state index contributed by atoms with van der Waals surface area (Å²) < 4.78 is 5.02. The number of hydrogen-bond acceptors (Lipinski definition) is 4.